The summed E-state index contributed by atoms with van der Waals surface area (Å²) in [6.45, 7) is 0.963. The standard InChI is InChI=1S/C15H19N3O/c1-18(9-10-7-11(19)8-10)14-5-4-13(16)15-12(14)3-2-6-17-15/h2-6,10-11,19H,7-9,16H2,1H3. The summed E-state index contributed by atoms with van der Waals surface area (Å²) in [6.07, 6.45) is 3.50. The number of rotatable bonds is 3. The van der Waals surface area contributed by atoms with Crippen molar-refractivity contribution >= 4 is 22.3 Å². The number of benzene rings is 1. The summed E-state index contributed by atoms with van der Waals surface area (Å²) in [4.78, 5) is 6.59. The maximum Gasteiger partial charge on any atom is 0.0951 e. The molecule has 1 heterocycles. The quantitative estimate of drug-likeness (QED) is 0.826. The van der Waals surface area contributed by atoms with Crippen molar-refractivity contribution in [3.63, 3.8) is 0 Å². The van der Waals surface area contributed by atoms with Gasteiger partial charge >= 0.3 is 0 Å². The third-order valence-electron chi connectivity index (χ3n) is 3.93. The van der Waals surface area contributed by atoms with Crippen LogP contribution in [0.3, 0.4) is 0 Å². The second-order valence-electron chi connectivity index (χ2n) is 5.45. The highest BCUT2D eigenvalue weighted by Gasteiger charge is 2.28. The Bertz CT molecular complexity index is 593. The topological polar surface area (TPSA) is 62.4 Å². The van der Waals surface area contributed by atoms with E-state index in [1.165, 1.54) is 0 Å². The number of nitrogen functional groups attached to an aromatic ring is 1. The molecule has 3 rings (SSSR count). The Balaban J connectivity index is 1.89. The molecular weight excluding hydrogens is 238 g/mol. The molecule has 1 aliphatic carbocycles. The van der Waals surface area contributed by atoms with E-state index >= 15 is 0 Å². The number of nitrogens with two attached hydrogens (primary N) is 1. The minimum Gasteiger partial charge on any atom is -0.397 e. The van der Waals surface area contributed by atoms with Crippen molar-refractivity contribution in [2.75, 3.05) is 24.2 Å². The number of aliphatic hydroxyl groups excluding tert-OH is 1. The van der Waals surface area contributed by atoms with Gasteiger partial charge in [-0.05, 0) is 43.0 Å². The molecule has 1 fully saturated rings. The number of hydrogen-bond donors (Lipinski definition) is 2. The minimum atomic E-state index is -0.0942. The van der Waals surface area contributed by atoms with Crippen molar-refractivity contribution in [3.8, 4) is 0 Å². The molecular formula is C15H19N3O. The Kier molecular flexibility index (Phi) is 3.03. The number of anilines is 2. The first-order valence-corrected chi connectivity index (χ1v) is 6.67. The van der Waals surface area contributed by atoms with Crippen molar-refractivity contribution in [1.82, 2.24) is 4.98 Å². The summed E-state index contributed by atoms with van der Waals surface area (Å²) in [6, 6.07) is 7.96. The zero-order valence-electron chi connectivity index (χ0n) is 11.1. The second kappa shape index (κ2) is 4.70. The van der Waals surface area contributed by atoms with Crippen molar-refractivity contribution in [2.24, 2.45) is 5.92 Å². The van der Waals surface area contributed by atoms with E-state index in [1.807, 2.05) is 12.1 Å². The Morgan fingerprint density at radius 1 is 1.37 bits per heavy atom. The molecule has 0 atom stereocenters. The number of aromatic nitrogens is 1. The third kappa shape index (κ3) is 2.24. The van der Waals surface area contributed by atoms with Gasteiger partial charge in [0.05, 0.1) is 17.3 Å². The summed E-state index contributed by atoms with van der Waals surface area (Å²) in [5, 5.41) is 10.5. The molecule has 1 aliphatic rings. The molecule has 1 saturated carbocycles. The van der Waals surface area contributed by atoms with Crippen molar-refractivity contribution in [1.29, 1.82) is 0 Å². The summed E-state index contributed by atoms with van der Waals surface area (Å²) in [5.74, 6) is 0.587. The molecule has 19 heavy (non-hydrogen) atoms. The van der Waals surface area contributed by atoms with Crippen LogP contribution in [-0.2, 0) is 0 Å². The van der Waals surface area contributed by atoms with E-state index in [0.29, 0.717) is 11.6 Å². The fourth-order valence-corrected chi connectivity index (χ4v) is 2.85. The van der Waals surface area contributed by atoms with Crippen LogP contribution in [0.4, 0.5) is 11.4 Å². The highest BCUT2D eigenvalue weighted by molar-refractivity contribution is 5.98. The SMILES string of the molecule is CN(CC1CC(O)C1)c1ccc(N)c2ncccc12. The lowest BCUT2D eigenvalue weighted by molar-refractivity contribution is 0.0465. The Labute approximate surface area is 112 Å². The van der Waals surface area contributed by atoms with Gasteiger partial charge in [0, 0.05) is 30.9 Å². The first kappa shape index (κ1) is 12.2. The fraction of sp³-hybridized carbons (Fsp3) is 0.400. The van der Waals surface area contributed by atoms with Gasteiger partial charge in [0.2, 0.25) is 0 Å². The molecule has 0 spiro atoms. The van der Waals surface area contributed by atoms with Gasteiger partial charge in [0.25, 0.3) is 0 Å². The lowest BCUT2D eigenvalue weighted by Gasteiger charge is -2.35. The van der Waals surface area contributed by atoms with Crippen LogP contribution in [0.2, 0.25) is 0 Å². The Morgan fingerprint density at radius 2 is 2.16 bits per heavy atom. The molecule has 100 valence electrons. The molecule has 1 aromatic carbocycles. The van der Waals surface area contributed by atoms with Crippen LogP contribution in [0.15, 0.2) is 30.5 Å². The molecule has 0 unspecified atom stereocenters. The van der Waals surface area contributed by atoms with Crippen molar-refractivity contribution in [2.45, 2.75) is 18.9 Å². The average molecular weight is 257 g/mol. The van der Waals surface area contributed by atoms with Crippen LogP contribution >= 0.6 is 0 Å². The van der Waals surface area contributed by atoms with Gasteiger partial charge in [-0.3, -0.25) is 4.98 Å². The Morgan fingerprint density at radius 3 is 2.89 bits per heavy atom. The zero-order valence-corrected chi connectivity index (χ0v) is 11.1. The van der Waals surface area contributed by atoms with Gasteiger partial charge in [-0.1, -0.05) is 0 Å². The van der Waals surface area contributed by atoms with Crippen molar-refractivity contribution in [3.05, 3.63) is 30.5 Å². The predicted octanol–water partition coefficient (Wildman–Crippen LogP) is 2.02. The van der Waals surface area contributed by atoms with E-state index in [9.17, 15) is 5.11 Å². The summed E-state index contributed by atoms with van der Waals surface area (Å²) >= 11 is 0. The summed E-state index contributed by atoms with van der Waals surface area (Å²) < 4.78 is 0. The van der Waals surface area contributed by atoms with Gasteiger partial charge in [-0.15, -0.1) is 0 Å². The van der Waals surface area contributed by atoms with Crippen LogP contribution in [0, 0.1) is 5.92 Å². The molecule has 2 aromatic rings. The number of fused-ring (bicyclic) bond motifs is 1. The second-order valence-corrected chi connectivity index (χ2v) is 5.45. The highest BCUT2D eigenvalue weighted by atomic mass is 16.3. The maximum absolute atomic E-state index is 9.36. The monoisotopic (exact) mass is 257 g/mol. The van der Waals surface area contributed by atoms with Gasteiger partial charge < -0.3 is 15.7 Å². The molecule has 0 amide bonds. The molecule has 0 saturated heterocycles. The number of aliphatic hydroxyl groups is 1. The summed E-state index contributed by atoms with van der Waals surface area (Å²) in [7, 11) is 2.09. The van der Waals surface area contributed by atoms with E-state index in [2.05, 4.69) is 29.1 Å². The summed E-state index contributed by atoms with van der Waals surface area (Å²) in [5.41, 5.74) is 8.70. The van der Waals surface area contributed by atoms with Gasteiger partial charge in [-0.25, -0.2) is 0 Å². The number of hydrogen-bond acceptors (Lipinski definition) is 4. The molecule has 1 aromatic heterocycles. The molecule has 0 bridgehead atoms. The van der Waals surface area contributed by atoms with Crippen LogP contribution in [0.5, 0.6) is 0 Å². The first-order valence-electron chi connectivity index (χ1n) is 6.67. The van der Waals surface area contributed by atoms with Gasteiger partial charge in [0.1, 0.15) is 0 Å². The molecule has 0 radical (unpaired) electrons. The van der Waals surface area contributed by atoms with E-state index in [1.54, 1.807) is 6.20 Å². The number of nitrogens with zero attached hydrogens (tertiary/aromatic N) is 2. The van der Waals surface area contributed by atoms with E-state index in [4.69, 9.17) is 5.73 Å². The van der Waals surface area contributed by atoms with Gasteiger partial charge in [0.15, 0.2) is 0 Å². The molecule has 3 N–H and O–H groups in total. The molecule has 4 heteroatoms. The predicted molar refractivity (Wildman–Crippen MR) is 78.2 cm³/mol. The fourth-order valence-electron chi connectivity index (χ4n) is 2.85. The van der Waals surface area contributed by atoms with Crippen molar-refractivity contribution < 1.29 is 5.11 Å². The van der Waals surface area contributed by atoms with E-state index < -0.39 is 0 Å². The molecule has 4 nitrogen and oxygen atoms in total. The first-order chi connectivity index (χ1) is 9.15. The number of pyridine rings is 1. The lowest BCUT2D eigenvalue weighted by atomic mass is 9.82. The lowest BCUT2D eigenvalue weighted by Crippen LogP contribution is -2.37. The zero-order chi connectivity index (χ0) is 13.4. The largest absolute Gasteiger partial charge is 0.397 e. The van der Waals surface area contributed by atoms with E-state index in [0.717, 1.165) is 36.0 Å². The Hall–Kier alpha value is -1.81. The molecule has 0 aliphatic heterocycles. The average Bonchev–Trinajstić information content (AvgIpc) is 2.37. The minimum absolute atomic E-state index is 0.0942. The van der Waals surface area contributed by atoms with Crippen LogP contribution in [-0.4, -0.2) is 29.8 Å². The third-order valence-corrected chi connectivity index (χ3v) is 3.93. The van der Waals surface area contributed by atoms with Crippen LogP contribution in [0.1, 0.15) is 12.8 Å². The maximum atomic E-state index is 9.36. The van der Waals surface area contributed by atoms with E-state index in [-0.39, 0.29) is 6.10 Å². The van der Waals surface area contributed by atoms with Gasteiger partial charge in [-0.2, -0.15) is 0 Å². The smallest absolute Gasteiger partial charge is 0.0951 e. The van der Waals surface area contributed by atoms with Crippen LogP contribution in [0.25, 0.3) is 10.9 Å². The highest BCUT2D eigenvalue weighted by Crippen LogP contribution is 2.32. The normalized spacial score (nSPS) is 22.2. The van der Waals surface area contributed by atoms with Crippen LogP contribution < -0.4 is 10.6 Å².